The first-order chi connectivity index (χ1) is 7.29. The van der Waals surface area contributed by atoms with Crippen molar-refractivity contribution in [1.82, 2.24) is 4.98 Å². The van der Waals surface area contributed by atoms with Gasteiger partial charge in [0.1, 0.15) is 5.82 Å². The summed E-state index contributed by atoms with van der Waals surface area (Å²) in [6, 6.07) is 8.28. The molecule has 0 aliphatic carbocycles. The maximum absolute atomic E-state index is 5.60. The molecule has 15 heavy (non-hydrogen) atoms. The molecule has 0 saturated heterocycles. The largest absolute Gasteiger partial charge is 0.384 e. The van der Waals surface area contributed by atoms with Gasteiger partial charge in [-0.15, -0.1) is 0 Å². The van der Waals surface area contributed by atoms with Gasteiger partial charge in [-0.05, 0) is 23.4 Å². The van der Waals surface area contributed by atoms with Gasteiger partial charge < -0.3 is 5.73 Å². The van der Waals surface area contributed by atoms with Crippen molar-refractivity contribution in [1.29, 1.82) is 0 Å². The van der Waals surface area contributed by atoms with Gasteiger partial charge in [-0.3, -0.25) is 0 Å². The molecule has 1 heterocycles. The molecule has 2 heteroatoms. The van der Waals surface area contributed by atoms with Gasteiger partial charge >= 0.3 is 0 Å². The van der Waals surface area contributed by atoms with Crippen molar-refractivity contribution >= 4 is 16.6 Å². The van der Waals surface area contributed by atoms with Crippen LogP contribution in [-0.2, 0) is 6.42 Å². The Morgan fingerprint density at radius 1 is 1.13 bits per heavy atom. The molecule has 0 aliphatic rings. The van der Waals surface area contributed by atoms with E-state index in [1.165, 1.54) is 10.9 Å². The molecular weight excluding hydrogens is 184 g/mol. The van der Waals surface area contributed by atoms with Gasteiger partial charge in [-0.1, -0.05) is 39.0 Å². The van der Waals surface area contributed by atoms with Crippen molar-refractivity contribution in [3.8, 4) is 0 Å². The van der Waals surface area contributed by atoms with Gasteiger partial charge in [-0.2, -0.15) is 0 Å². The number of nitrogen functional groups attached to an aromatic ring is 1. The minimum atomic E-state index is 0.584. The fourth-order valence-corrected chi connectivity index (χ4v) is 1.43. The van der Waals surface area contributed by atoms with E-state index >= 15 is 0 Å². The number of hydrogen-bond donors (Lipinski definition) is 1. The highest BCUT2D eigenvalue weighted by Gasteiger charge is 1.95. The Morgan fingerprint density at radius 3 is 2.53 bits per heavy atom. The van der Waals surface area contributed by atoms with Crippen LogP contribution in [-0.4, -0.2) is 4.98 Å². The maximum Gasteiger partial charge on any atom is 0.123 e. The van der Waals surface area contributed by atoms with Crippen LogP contribution in [0.4, 0.5) is 5.82 Å². The second-order valence-corrected chi connectivity index (χ2v) is 3.14. The summed E-state index contributed by atoms with van der Waals surface area (Å²) < 4.78 is 0. The minimum Gasteiger partial charge on any atom is -0.384 e. The predicted molar refractivity (Wildman–Crippen MR) is 66.9 cm³/mol. The molecule has 0 amide bonds. The van der Waals surface area contributed by atoms with Crippen molar-refractivity contribution in [3.05, 3.63) is 36.0 Å². The number of nitrogens with zero attached hydrogens (tertiary/aromatic N) is 1. The summed E-state index contributed by atoms with van der Waals surface area (Å²) in [5, 5.41) is 2.32. The molecule has 0 atom stereocenters. The van der Waals surface area contributed by atoms with E-state index in [4.69, 9.17) is 5.73 Å². The highest BCUT2D eigenvalue weighted by Crippen LogP contribution is 2.17. The highest BCUT2D eigenvalue weighted by molar-refractivity contribution is 5.84. The molecule has 80 valence electrons. The molecule has 0 radical (unpaired) electrons. The third-order valence-electron chi connectivity index (χ3n) is 2.22. The van der Waals surface area contributed by atoms with Gasteiger partial charge in [0.25, 0.3) is 0 Å². The Morgan fingerprint density at radius 2 is 1.87 bits per heavy atom. The zero-order valence-corrected chi connectivity index (χ0v) is 9.62. The van der Waals surface area contributed by atoms with Crippen molar-refractivity contribution in [2.45, 2.75) is 27.2 Å². The third kappa shape index (κ3) is 2.69. The number of pyridine rings is 1. The number of benzene rings is 1. The summed E-state index contributed by atoms with van der Waals surface area (Å²) in [7, 11) is 0. The monoisotopic (exact) mass is 202 g/mol. The summed E-state index contributed by atoms with van der Waals surface area (Å²) in [6.07, 6.45) is 2.86. The van der Waals surface area contributed by atoms with Crippen LogP contribution >= 0.6 is 0 Å². The Labute approximate surface area is 91.1 Å². The molecule has 2 rings (SSSR count). The number of fused-ring (bicyclic) bond motifs is 1. The molecule has 2 N–H and O–H groups in total. The minimum absolute atomic E-state index is 0.584. The van der Waals surface area contributed by atoms with E-state index in [1.54, 1.807) is 0 Å². The Hall–Kier alpha value is -1.57. The fraction of sp³-hybridized carbons (Fsp3) is 0.308. The van der Waals surface area contributed by atoms with Crippen LogP contribution in [0.2, 0.25) is 0 Å². The lowest BCUT2D eigenvalue weighted by Crippen LogP contribution is -1.89. The zero-order chi connectivity index (χ0) is 11.3. The van der Waals surface area contributed by atoms with E-state index in [-0.39, 0.29) is 0 Å². The average Bonchev–Trinajstić information content (AvgIpc) is 2.30. The van der Waals surface area contributed by atoms with E-state index in [2.05, 4.69) is 30.1 Å². The zero-order valence-electron chi connectivity index (χ0n) is 9.62. The highest BCUT2D eigenvalue weighted by atomic mass is 14.8. The number of aryl methyl sites for hydroxylation is 1. The molecule has 0 saturated carbocycles. The lowest BCUT2D eigenvalue weighted by Gasteiger charge is -2.01. The predicted octanol–water partition coefficient (Wildman–Crippen LogP) is 3.41. The number of aromatic nitrogens is 1. The smallest absolute Gasteiger partial charge is 0.123 e. The average molecular weight is 202 g/mol. The quantitative estimate of drug-likeness (QED) is 0.769. The normalized spacial score (nSPS) is 9.53. The van der Waals surface area contributed by atoms with Crippen LogP contribution in [0.3, 0.4) is 0 Å². The first kappa shape index (κ1) is 11.5. The lowest BCUT2D eigenvalue weighted by molar-refractivity contribution is 1.15. The molecule has 0 spiro atoms. The Kier molecular flexibility index (Phi) is 4.10. The second kappa shape index (κ2) is 5.35. The fourth-order valence-electron chi connectivity index (χ4n) is 1.43. The maximum atomic E-state index is 5.60. The Bertz CT molecular complexity index is 435. The summed E-state index contributed by atoms with van der Waals surface area (Å²) in [4.78, 5) is 4.04. The van der Waals surface area contributed by atoms with E-state index < -0.39 is 0 Å². The van der Waals surface area contributed by atoms with Gasteiger partial charge in [0.15, 0.2) is 0 Å². The van der Waals surface area contributed by atoms with Crippen LogP contribution in [0.25, 0.3) is 10.8 Å². The summed E-state index contributed by atoms with van der Waals surface area (Å²) in [5.41, 5.74) is 6.94. The van der Waals surface area contributed by atoms with E-state index in [9.17, 15) is 0 Å². The molecular formula is C13H18N2. The Balaban J connectivity index is 0.000000531. The second-order valence-electron chi connectivity index (χ2n) is 3.14. The van der Waals surface area contributed by atoms with Crippen LogP contribution in [0.5, 0.6) is 0 Å². The summed E-state index contributed by atoms with van der Waals surface area (Å²) in [5.74, 6) is 0.584. The molecule has 1 aromatic heterocycles. The molecule has 1 aromatic carbocycles. The SMILES string of the molecule is CC.CCc1ccc2cnc(N)cc2c1. The first-order valence-corrected chi connectivity index (χ1v) is 5.44. The topological polar surface area (TPSA) is 38.9 Å². The molecule has 0 aliphatic heterocycles. The number of rotatable bonds is 1. The molecule has 0 unspecified atom stereocenters. The van der Waals surface area contributed by atoms with Gasteiger partial charge in [0.2, 0.25) is 0 Å². The summed E-state index contributed by atoms with van der Waals surface area (Å²) in [6.45, 7) is 6.14. The molecule has 0 fully saturated rings. The first-order valence-electron chi connectivity index (χ1n) is 5.44. The van der Waals surface area contributed by atoms with E-state index in [0.717, 1.165) is 11.8 Å². The number of anilines is 1. The number of nitrogens with two attached hydrogens (primary N) is 1. The van der Waals surface area contributed by atoms with Crippen molar-refractivity contribution in [3.63, 3.8) is 0 Å². The molecule has 2 aromatic rings. The van der Waals surface area contributed by atoms with Gasteiger partial charge in [-0.25, -0.2) is 4.98 Å². The summed E-state index contributed by atoms with van der Waals surface area (Å²) >= 11 is 0. The van der Waals surface area contributed by atoms with E-state index in [1.807, 2.05) is 26.1 Å². The van der Waals surface area contributed by atoms with Crippen molar-refractivity contribution in [2.75, 3.05) is 5.73 Å². The number of hydrogen-bond acceptors (Lipinski definition) is 2. The third-order valence-corrected chi connectivity index (χ3v) is 2.22. The van der Waals surface area contributed by atoms with Crippen LogP contribution < -0.4 is 5.73 Å². The lowest BCUT2D eigenvalue weighted by atomic mass is 10.1. The van der Waals surface area contributed by atoms with Crippen LogP contribution in [0, 0.1) is 0 Å². The van der Waals surface area contributed by atoms with E-state index in [0.29, 0.717) is 5.82 Å². The molecule has 2 nitrogen and oxygen atoms in total. The van der Waals surface area contributed by atoms with Crippen LogP contribution in [0.15, 0.2) is 30.5 Å². The van der Waals surface area contributed by atoms with Crippen molar-refractivity contribution in [2.24, 2.45) is 0 Å². The van der Waals surface area contributed by atoms with Crippen LogP contribution in [0.1, 0.15) is 26.3 Å². The van der Waals surface area contributed by atoms with Crippen molar-refractivity contribution < 1.29 is 0 Å². The standard InChI is InChI=1S/C11H12N2.C2H6/c1-2-8-3-4-9-7-13-11(12)6-10(9)5-8;1-2/h3-7H,2H2,1H3,(H2,12,13);1-2H3. The van der Waals surface area contributed by atoms with Gasteiger partial charge in [0, 0.05) is 11.6 Å². The van der Waals surface area contributed by atoms with Gasteiger partial charge in [0.05, 0.1) is 0 Å². The molecule has 0 bridgehead atoms.